The number of benzene rings is 1. The molecule has 2 aromatic rings. The van der Waals surface area contributed by atoms with Gasteiger partial charge in [-0.3, -0.25) is 0 Å². The molecule has 110 valence electrons. The molecule has 1 atom stereocenters. The second-order valence-corrected chi connectivity index (χ2v) is 5.04. The number of fused-ring (bicyclic) bond motifs is 1. The number of furan rings is 1. The zero-order valence-corrected chi connectivity index (χ0v) is 11.9. The molecule has 0 amide bonds. The number of aliphatic hydroxyl groups is 1. The summed E-state index contributed by atoms with van der Waals surface area (Å²) in [5, 5.41) is 11.0. The van der Waals surface area contributed by atoms with Crippen LogP contribution >= 0.6 is 0 Å². The van der Waals surface area contributed by atoms with E-state index >= 15 is 0 Å². The minimum Gasteiger partial charge on any atom is -0.497 e. The smallest absolute Gasteiger partial charge is 0.373 e. The van der Waals surface area contributed by atoms with Crippen LogP contribution < -0.4 is 4.74 Å². The molecule has 0 saturated heterocycles. The monoisotopic (exact) mass is 288 g/mol. The highest BCUT2D eigenvalue weighted by Crippen LogP contribution is 2.43. The van der Waals surface area contributed by atoms with Gasteiger partial charge in [-0.2, -0.15) is 0 Å². The van der Waals surface area contributed by atoms with Crippen LogP contribution in [0.4, 0.5) is 0 Å². The second kappa shape index (κ2) is 4.93. The summed E-state index contributed by atoms with van der Waals surface area (Å²) in [7, 11) is 2.87. The number of esters is 1. The molecule has 0 radical (unpaired) electrons. The van der Waals surface area contributed by atoms with Crippen molar-refractivity contribution in [3.8, 4) is 5.75 Å². The Balaban J connectivity index is 2.04. The number of hydrogen-bond donors (Lipinski definition) is 1. The molecule has 0 saturated carbocycles. The number of ether oxygens (including phenoxy) is 2. The lowest BCUT2D eigenvalue weighted by atomic mass is 9.93. The SMILES string of the molecule is COC(=O)c1ccc(C2(O)CCc3ccc(OC)cc32)o1. The quantitative estimate of drug-likeness (QED) is 0.877. The minimum absolute atomic E-state index is 0.0808. The van der Waals surface area contributed by atoms with E-state index in [9.17, 15) is 9.90 Å². The molecule has 1 heterocycles. The third-order valence-corrected chi connectivity index (χ3v) is 3.92. The van der Waals surface area contributed by atoms with Crippen molar-refractivity contribution in [2.24, 2.45) is 0 Å². The molecule has 0 fully saturated rings. The van der Waals surface area contributed by atoms with Crippen molar-refractivity contribution in [1.29, 1.82) is 0 Å². The van der Waals surface area contributed by atoms with Gasteiger partial charge in [-0.25, -0.2) is 4.79 Å². The Morgan fingerprint density at radius 1 is 1.29 bits per heavy atom. The fourth-order valence-electron chi connectivity index (χ4n) is 2.76. The van der Waals surface area contributed by atoms with Crippen molar-refractivity contribution >= 4 is 5.97 Å². The molecular formula is C16H16O5. The molecule has 1 N–H and O–H groups in total. The Morgan fingerprint density at radius 3 is 2.81 bits per heavy atom. The number of carbonyl (C=O) groups excluding carboxylic acids is 1. The zero-order chi connectivity index (χ0) is 15.0. The lowest BCUT2D eigenvalue weighted by Crippen LogP contribution is -2.23. The van der Waals surface area contributed by atoms with E-state index < -0.39 is 11.6 Å². The maximum Gasteiger partial charge on any atom is 0.373 e. The molecule has 1 unspecified atom stereocenters. The number of methoxy groups -OCH3 is 2. The van der Waals surface area contributed by atoms with Crippen LogP contribution in [0.15, 0.2) is 34.7 Å². The molecule has 21 heavy (non-hydrogen) atoms. The van der Waals surface area contributed by atoms with E-state index in [1.165, 1.54) is 13.2 Å². The molecule has 0 aliphatic heterocycles. The Hall–Kier alpha value is -2.27. The van der Waals surface area contributed by atoms with Gasteiger partial charge in [-0.1, -0.05) is 6.07 Å². The molecule has 5 heteroatoms. The first-order valence-electron chi connectivity index (χ1n) is 6.67. The van der Waals surface area contributed by atoms with Gasteiger partial charge in [0.15, 0.2) is 0 Å². The van der Waals surface area contributed by atoms with Crippen molar-refractivity contribution in [3.63, 3.8) is 0 Å². The molecule has 5 nitrogen and oxygen atoms in total. The van der Waals surface area contributed by atoms with Crippen molar-refractivity contribution < 1.29 is 23.8 Å². The van der Waals surface area contributed by atoms with Crippen molar-refractivity contribution in [1.82, 2.24) is 0 Å². The van der Waals surface area contributed by atoms with Gasteiger partial charge >= 0.3 is 5.97 Å². The maximum absolute atomic E-state index is 11.5. The van der Waals surface area contributed by atoms with Crippen LogP contribution in [0, 0.1) is 0 Å². The van der Waals surface area contributed by atoms with E-state index in [1.807, 2.05) is 18.2 Å². The van der Waals surface area contributed by atoms with Gasteiger partial charge in [-0.15, -0.1) is 0 Å². The van der Waals surface area contributed by atoms with Gasteiger partial charge in [0, 0.05) is 0 Å². The van der Waals surface area contributed by atoms with E-state index in [-0.39, 0.29) is 5.76 Å². The fraction of sp³-hybridized carbons (Fsp3) is 0.312. The lowest BCUT2D eigenvalue weighted by Gasteiger charge is -2.21. The third-order valence-electron chi connectivity index (χ3n) is 3.92. The summed E-state index contributed by atoms with van der Waals surface area (Å²) in [5.41, 5.74) is 0.567. The highest BCUT2D eigenvalue weighted by atomic mass is 16.5. The van der Waals surface area contributed by atoms with Crippen LogP contribution in [0.3, 0.4) is 0 Å². The average Bonchev–Trinajstić information content (AvgIpc) is 3.13. The molecule has 3 rings (SSSR count). The predicted octanol–water partition coefficient (Wildman–Crippen LogP) is 2.26. The van der Waals surface area contributed by atoms with Crippen LogP contribution in [0.5, 0.6) is 5.75 Å². The van der Waals surface area contributed by atoms with Gasteiger partial charge in [0.2, 0.25) is 5.76 Å². The Labute approximate surface area is 122 Å². The molecule has 0 bridgehead atoms. The van der Waals surface area contributed by atoms with Gasteiger partial charge in [0.1, 0.15) is 17.1 Å². The lowest BCUT2D eigenvalue weighted by molar-refractivity contribution is 0.0473. The van der Waals surface area contributed by atoms with E-state index in [0.717, 1.165) is 17.5 Å². The van der Waals surface area contributed by atoms with Gasteiger partial charge in [-0.05, 0) is 48.2 Å². The summed E-state index contributed by atoms with van der Waals surface area (Å²) >= 11 is 0. The van der Waals surface area contributed by atoms with Crippen LogP contribution in [-0.4, -0.2) is 25.3 Å². The number of hydrogen-bond acceptors (Lipinski definition) is 5. The molecular weight excluding hydrogens is 272 g/mol. The Bertz CT molecular complexity index is 688. The van der Waals surface area contributed by atoms with E-state index in [4.69, 9.17) is 9.15 Å². The summed E-state index contributed by atoms with van der Waals surface area (Å²) in [6.07, 6.45) is 1.24. The van der Waals surface area contributed by atoms with Crippen LogP contribution in [-0.2, 0) is 16.8 Å². The normalized spacial score (nSPS) is 20.1. The largest absolute Gasteiger partial charge is 0.497 e. The van der Waals surface area contributed by atoms with Gasteiger partial charge < -0.3 is 19.0 Å². The van der Waals surface area contributed by atoms with Gasteiger partial charge in [0.05, 0.1) is 14.2 Å². The second-order valence-electron chi connectivity index (χ2n) is 5.04. The first kappa shape index (κ1) is 13.7. The summed E-state index contributed by atoms with van der Waals surface area (Å²) < 4.78 is 15.3. The van der Waals surface area contributed by atoms with E-state index in [0.29, 0.717) is 17.9 Å². The number of aryl methyl sites for hydroxylation is 1. The number of rotatable bonds is 3. The first-order chi connectivity index (χ1) is 10.1. The summed E-state index contributed by atoms with van der Waals surface area (Å²) in [5.74, 6) is 0.537. The van der Waals surface area contributed by atoms with Gasteiger partial charge in [0.25, 0.3) is 0 Å². The highest BCUT2D eigenvalue weighted by molar-refractivity contribution is 5.86. The standard InChI is InChI=1S/C16H16O5/c1-19-11-4-3-10-7-8-16(18,12(10)9-11)14-6-5-13(21-14)15(17)20-2/h3-6,9,18H,7-8H2,1-2H3. The summed E-state index contributed by atoms with van der Waals surface area (Å²) in [4.78, 5) is 11.5. The Kier molecular flexibility index (Phi) is 3.22. The fourth-order valence-corrected chi connectivity index (χ4v) is 2.76. The minimum atomic E-state index is -1.24. The van der Waals surface area contributed by atoms with Crippen LogP contribution in [0.1, 0.15) is 33.9 Å². The zero-order valence-electron chi connectivity index (χ0n) is 11.9. The van der Waals surface area contributed by atoms with Crippen molar-refractivity contribution in [3.05, 3.63) is 53.0 Å². The van der Waals surface area contributed by atoms with Crippen LogP contribution in [0.2, 0.25) is 0 Å². The van der Waals surface area contributed by atoms with Crippen molar-refractivity contribution in [2.45, 2.75) is 18.4 Å². The molecule has 1 aliphatic carbocycles. The third kappa shape index (κ3) is 2.10. The molecule has 1 aromatic carbocycles. The predicted molar refractivity (Wildman–Crippen MR) is 74.4 cm³/mol. The highest BCUT2D eigenvalue weighted by Gasteiger charge is 2.41. The van der Waals surface area contributed by atoms with E-state index in [2.05, 4.69) is 4.74 Å². The first-order valence-corrected chi connectivity index (χ1v) is 6.67. The van der Waals surface area contributed by atoms with Crippen molar-refractivity contribution in [2.75, 3.05) is 14.2 Å². The van der Waals surface area contributed by atoms with E-state index in [1.54, 1.807) is 13.2 Å². The molecule has 1 aliphatic rings. The summed E-state index contributed by atoms with van der Waals surface area (Å²) in [6.45, 7) is 0. The Morgan fingerprint density at radius 2 is 2.10 bits per heavy atom. The maximum atomic E-state index is 11.5. The topological polar surface area (TPSA) is 68.9 Å². The molecule has 0 spiro atoms. The molecule has 1 aromatic heterocycles. The van der Waals surface area contributed by atoms with Crippen LogP contribution in [0.25, 0.3) is 0 Å². The summed E-state index contributed by atoms with van der Waals surface area (Å²) in [6, 6.07) is 8.74. The average molecular weight is 288 g/mol. The number of carbonyl (C=O) groups is 1.